The Balaban J connectivity index is 1.88. The van der Waals surface area contributed by atoms with E-state index in [1.165, 1.54) is 25.4 Å². The number of carbonyl (C=O) groups excluding carboxylic acids is 2. The minimum absolute atomic E-state index is 0.0491. The van der Waals surface area contributed by atoms with Crippen molar-refractivity contribution in [3.63, 3.8) is 0 Å². The molecule has 1 fully saturated rings. The van der Waals surface area contributed by atoms with Crippen molar-refractivity contribution in [2.45, 2.75) is 6.42 Å². The Labute approximate surface area is 128 Å². The first-order valence-corrected chi connectivity index (χ1v) is 7.04. The average molecular weight is 310 g/mol. The number of amides is 3. The van der Waals surface area contributed by atoms with Crippen molar-refractivity contribution in [2.24, 2.45) is 0 Å². The first-order valence-electron chi connectivity index (χ1n) is 7.04. The Morgan fingerprint density at radius 3 is 2.68 bits per heavy atom. The number of halogens is 1. The first kappa shape index (κ1) is 16.2. The molecule has 0 saturated carbocycles. The summed E-state index contributed by atoms with van der Waals surface area (Å²) in [7, 11) is 1.48. The number of rotatable bonds is 3. The predicted octanol–water partition coefficient (Wildman–Crippen LogP) is 0.933. The van der Waals surface area contributed by atoms with Crippen molar-refractivity contribution in [1.82, 2.24) is 14.8 Å². The fourth-order valence-electron chi connectivity index (χ4n) is 2.24. The zero-order valence-electron chi connectivity index (χ0n) is 12.4. The highest BCUT2D eigenvalue weighted by atomic mass is 19.1. The van der Waals surface area contributed by atoms with Gasteiger partial charge in [0.05, 0.1) is 11.9 Å². The molecule has 2 heterocycles. The zero-order valence-corrected chi connectivity index (χ0v) is 12.4. The van der Waals surface area contributed by atoms with Gasteiger partial charge in [0, 0.05) is 33.3 Å². The van der Waals surface area contributed by atoms with Crippen LogP contribution in [0.3, 0.4) is 0 Å². The number of nitrogens with zero attached hydrogens (tertiary/aromatic N) is 3. The van der Waals surface area contributed by atoms with Crippen LogP contribution in [0.25, 0.3) is 0 Å². The second kappa shape index (κ2) is 7.69. The van der Waals surface area contributed by atoms with Crippen LogP contribution < -0.4 is 5.32 Å². The maximum atomic E-state index is 12.7. The van der Waals surface area contributed by atoms with E-state index in [9.17, 15) is 14.0 Å². The van der Waals surface area contributed by atoms with Crippen LogP contribution in [0.5, 0.6) is 0 Å². The number of aromatic nitrogens is 1. The molecule has 0 bridgehead atoms. The highest BCUT2D eigenvalue weighted by molar-refractivity contribution is 5.89. The Hall–Kier alpha value is -2.22. The lowest BCUT2D eigenvalue weighted by Crippen LogP contribution is -2.40. The molecular weight excluding hydrogens is 291 g/mol. The maximum Gasteiger partial charge on any atom is 0.321 e. The van der Waals surface area contributed by atoms with Crippen LogP contribution >= 0.6 is 0 Å². The molecule has 0 atom stereocenters. The maximum absolute atomic E-state index is 12.7. The second-order valence-electron chi connectivity index (χ2n) is 4.95. The van der Waals surface area contributed by atoms with E-state index in [1.807, 2.05) is 0 Å². The van der Waals surface area contributed by atoms with Crippen molar-refractivity contribution in [3.05, 3.63) is 24.3 Å². The molecule has 1 saturated heterocycles. The van der Waals surface area contributed by atoms with E-state index >= 15 is 0 Å². The number of anilines is 1. The van der Waals surface area contributed by atoms with Gasteiger partial charge in [-0.25, -0.2) is 9.78 Å². The number of hydrogen-bond acceptors (Lipinski definition) is 4. The Kier molecular flexibility index (Phi) is 5.65. The van der Waals surface area contributed by atoms with Gasteiger partial charge in [-0.2, -0.15) is 4.39 Å². The highest BCUT2D eigenvalue weighted by Crippen LogP contribution is 2.09. The molecule has 1 aromatic heterocycles. The van der Waals surface area contributed by atoms with Crippen LogP contribution in [0, 0.1) is 5.95 Å². The summed E-state index contributed by atoms with van der Waals surface area (Å²) in [6, 6.07) is 2.35. The second-order valence-corrected chi connectivity index (χ2v) is 4.95. The minimum Gasteiger partial charge on any atom is -0.375 e. The minimum atomic E-state index is -0.597. The third kappa shape index (κ3) is 4.39. The van der Waals surface area contributed by atoms with E-state index in [4.69, 9.17) is 4.74 Å². The third-order valence-electron chi connectivity index (χ3n) is 3.38. The normalized spacial score (nSPS) is 15.4. The predicted molar refractivity (Wildman–Crippen MR) is 77.9 cm³/mol. The Morgan fingerprint density at radius 1 is 1.27 bits per heavy atom. The zero-order chi connectivity index (χ0) is 15.9. The van der Waals surface area contributed by atoms with Crippen molar-refractivity contribution >= 4 is 17.6 Å². The van der Waals surface area contributed by atoms with Gasteiger partial charge in [0.25, 0.3) is 0 Å². The lowest BCUT2D eigenvalue weighted by Gasteiger charge is -2.22. The summed E-state index contributed by atoms with van der Waals surface area (Å²) in [6.45, 7) is 2.11. The summed E-state index contributed by atoms with van der Waals surface area (Å²) in [5.74, 6) is -0.674. The van der Waals surface area contributed by atoms with Gasteiger partial charge >= 0.3 is 6.03 Å². The first-order chi connectivity index (χ1) is 10.6. The molecule has 0 spiro atoms. The summed E-state index contributed by atoms with van der Waals surface area (Å²) >= 11 is 0. The van der Waals surface area contributed by atoms with Crippen molar-refractivity contribution < 1.29 is 18.7 Å². The number of nitrogens with one attached hydrogen (secondary N) is 1. The van der Waals surface area contributed by atoms with Gasteiger partial charge < -0.3 is 19.9 Å². The summed E-state index contributed by atoms with van der Waals surface area (Å²) in [6.07, 6.45) is 1.96. The van der Waals surface area contributed by atoms with Gasteiger partial charge in [-0.1, -0.05) is 0 Å². The van der Waals surface area contributed by atoms with E-state index in [-0.39, 0.29) is 18.5 Å². The fraction of sp³-hybridized carbons (Fsp3) is 0.500. The van der Waals surface area contributed by atoms with Crippen LogP contribution in [0.1, 0.15) is 6.42 Å². The van der Waals surface area contributed by atoms with Gasteiger partial charge in [-0.15, -0.1) is 0 Å². The standard InChI is InChI=1S/C14H19FN4O3/c1-22-10-13(20)18-5-2-6-19(8-7-18)14(21)17-11-3-4-12(15)16-9-11/h3-4,9H,2,5-8,10H2,1H3,(H,17,21). The molecule has 2 rings (SSSR count). The molecule has 120 valence electrons. The Bertz CT molecular complexity index is 523. The molecule has 3 amide bonds. The van der Waals surface area contributed by atoms with E-state index in [0.717, 1.165) is 0 Å². The lowest BCUT2D eigenvalue weighted by atomic mass is 10.4. The van der Waals surface area contributed by atoms with Crippen molar-refractivity contribution in [3.8, 4) is 0 Å². The molecular formula is C14H19FN4O3. The van der Waals surface area contributed by atoms with Crippen LogP contribution in [-0.2, 0) is 9.53 Å². The van der Waals surface area contributed by atoms with E-state index in [0.29, 0.717) is 38.3 Å². The number of pyridine rings is 1. The molecule has 7 nitrogen and oxygen atoms in total. The van der Waals surface area contributed by atoms with Crippen molar-refractivity contribution in [1.29, 1.82) is 0 Å². The molecule has 1 N–H and O–H groups in total. The summed E-state index contributed by atoms with van der Waals surface area (Å²) in [5, 5.41) is 2.67. The molecule has 0 unspecified atom stereocenters. The van der Waals surface area contributed by atoms with Gasteiger partial charge in [-0.3, -0.25) is 4.79 Å². The molecule has 0 aliphatic carbocycles. The number of urea groups is 1. The van der Waals surface area contributed by atoms with Crippen LogP contribution in [-0.4, -0.2) is 66.6 Å². The lowest BCUT2D eigenvalue weighted by molar-refractivity contribution is -0.134. The van der Waals surface area contributed by atoms with Gasteiger partial charge in [0.1, 0.15) is 6.61 Å². The fourth-order valence-corrected chi connectivity index (χ4v) is 2.24. The monoisotopic (exact) mass is 310 g/mol. The van der Waals surface area contributed by atoms with Gasteiger partial charge in [0.15, 0.2) is 0 Å². The largest absolute Gasteiger partial charge is 0.375 e. The molecule has 22 heavy (non-hydrogen) atoms. The smallest absolute Gasteiger partial charge is 0.321 e. The van der Waals surface area contributed by atoms with E-state index in [1.54, 1.807) is 9.80 Å². The number of methoxy groups -OCH3 is 1. The summed E-state index contributed by atoms with van der Waals surface area (Å²) in [4.78, 5) is 30.8. The summed E-state index contributed by atoms with van der Waals surface area (Å²) < 4.78 is 17.6. The van der Waals surface area contributed by atoms with Gasteiger partial charge in [-0.05, 0) is 18.6 Å². The highest BCUT2D eigenvalue weighted by Gasteiger charge is 2.21. The molecule has 1 aromatic rings. The number of hydrogen-bond donors (Lipinski definition) is 1. The SMILES string of the molecule is COCC(=O)N1CCCN(C(=O)Nc2ccc(F)nc2)CC1. The van der Waals surface area contributed by atoms with Crippen LogP contribution in [0.2, 0.25) is 0 Å². The molecule has 8 heteroatoms. The quantitative estimate of drug-likeness (QED) is 0.843. The van der Waals surface area contributed by atoms with E-state index in [2.05, 4.69) is 10.3 Å². The Morgan fingerprint density at radius 2 is 2.00 bits per heavy atom. The average Bonchev–Trinajstić information content (AvgIpc) is 2.76. The molecule has 1 aliphatic rings. The topological polar surface area (TPSA) is 74.8 Å². The molecule has 0 aromatic carbocycles. The van der Waals surface area contributed by atoms with Crippen LogP contribution in [0.15, 0.2) is 18.3 Å². The molecule has 1 aliphatic heterocycles. The van der Waals surface area contributed by atoms with Crippen LogP contribution in [0.4, 0.5) is 14.9 Å². The third-order valence-corrected chi connectivity index (χ3v) is 3.38. The van der Waals surface area contributed by atoms with E-state index < -0.39 is 5.95 Å². The number of carbonyl (C=O) groups is 2. The summed E-state index contributed by atoms with van der Waals surface area (Å²) in [5.41, 5.74) is 0.433. The number of ether oxygens (including phenoxy) is 1. The molecule has 0 radical (unpaired) electrons. The van der Waals surface area contributed by atoms with Crippen molar-refractivity contribution in [2.75, 3.05) is 45.2 Å². The van der Waals surface area contributed by atoms with Gasteiger partial charge in [0.2, 0.25) is 11.9 Å².